The first kappa shape index (κ1) is 14.6. The van der Waals surface area contributed by atoms with Gasteiger partial charge in [0.15, 0.2) is 0 Å². The van der Waals surface area contributed by atoms with Crippen molar-refractivity contribution in [3.63, 3.8) is 0 Å². The minimum absolute atomic E-state index is 0.400. The highest BCUT2D eigenvalue weighted by molar-refractivity contribution is 7.80. The van der Waals surface area contributed by atoms with Crippen LogP contribution in [-0.2, 0) is 0 Å². The molecule has 104 valence electrons. The normalized spacial score (nSPS) is 24.5. The van der Waals surface area contributed by atoms with Gasteiger partial charge in [-0.1, -0.05) is 23.8 Å². The average Bonchev–Trinajstić information content (AvgIpc) is 2.35. The molecule has 0 bridgehead atoms. The molecule has 2 rings (SSSR count). The summed E-state index contributed by atoms with van der Waals surface area (Å²) >= 11 is 11.2. The fourth-order valence-corrected chi connectivity index (χ4v) is 2.92. The summed E-state index contributed by atoms with van der Waals surface area (Å²) in [6.07, 6.45) is 0. The standard InChI is InChI=1S/C14H20ClN3S/c1-9-7-18(8-10(2)17(9)3)13-5-4-11(15)6-12(13)14(16)19/h4-6,9-10H,7-8H2,1-3H3,(H2,16,19). The van der Waals surface area contributed by atoms with Crippen molar-refractivity contribution in [3.05, 3.63) is 28.8 Å². The third-order valence-electron chi connectivity index (χ3n) is 3.92. The van der Waals surface area contributed by atoms with Crippen LogP contribution in [0.5, 0.6) is 0 Å². The van der Waals surface area contributed by atoms with Gasteiger partial charge in [-0.2, -0.15) is 0 Å². The summed E-state index contributed by atoms with van der Waals surface area (Å²) in [6.45, 7) is 6.41. The van der Waals surface area contributed by atoms with Crippen molar-refractivity contribution in [2.24, 2.45) is 5.73 Å². The zero-order chi connectivity index (χ0) is 14.2. The number of benzene rings is 1. The fraction of sp³-hybridized carbons (Fsp3) is 0.500. The van der Waals surface area contributed by atoms with E-state index in [1.165, 1.54) is 0 Å². The summed E-state index contributed by atoms with van der Waals surface area (Å²) in [5.74, 6) is 0. The van der Waals surface area contributed by atoms with E-state index in [0.29, 0.717) is 22.1 Å². The highest BCUT2D eigenvalue weighted by Crippen LogP contribution is 2.27. The molecular formula is C14H20ClN3S. The molecule has 1 aromatic carbocycles. The lowest BCUT2D eigenvalue weighted by Crippen LogP contribution is -2.55. The lowest BCUT2D eigenvalue weighted by Gasteiger charge is -2.44. The van der Waals surface area contributed by atoms with Crippen LogP contribution in [0.4, 0.5) is 5.69 Å². The summed E-state index contributed by atoms with van der Waals surface area (Å²) in [5, 5.41) is 0.668. The van der Waals surface area contributed by atoms with Gasteiger partial charge in [-0.3, -0.25) is 4.90 Å². The van der Waals surface area contributed by atoms with Gasteiger partial charge in [0.1, 0.15) is 4.99 Å². The Balaban J connectivity index is 2.34. The van der Waals surface area contributed by atoms with E-state index in [9.17, 15) is 0 Å². The van der Waals surface area contributed by atoms with E-state index in [1.54, 1.807) is 0 Å². The van der Waals surface area contributed by atoms with Crippen LogP contribution in [0.1, 0.15) is 19.4 Å². The van der Waals surface area contributed by atoms with Gasteiger partial charge >= 0.3 is 0 Å². The molecule has 1 heterocycles. The topological polar surface area (TPSA) is 32.5 Å². The lowest BCUT2D eigenvalue weighted by molar-refractivity contribution is 0.170. The van der Waals surface area contributed by atoms with Crippen molar-refractivity contribution in [3.8, 4) is 0 Å². The maximum Gasteiger partial charge on any atom is 0.106 e. The summed E-state index contributed by atoms with van der Waals surface area (Å²) in [4.78, 5) is 5.14. The molecular weight excluding hydrogens is 278 g/mol. The molecule has 0 amide bonds. The molecule has 2 atom stereocenters. The first-order valence-corrected chi connectivity index (χ1v) is 7.25. The Morgan fingerprint density at radius 3 is 2.42 bits per heavy atom. The van der Waals surface area contributed by atoms with E-state index in [4.69, 9.17) is 29.6 Å². The maximum absolute atomic E-state index is 6.04. The van der Waals surface area contributed by atoms with Gasteiger partial charge in [0, 0.05) is 41.4 Å². The van der Waals surface area contributed by atoms with E-state index in [0.717, 1.165) is 24.3 Å². The number of thiocarbonyl (C=S) groups is 1. The first-order valence-electron chi connectivity index (χ1n) is 6.46. The number of nitrogens with zero attached hydrogens (tertiary/aromatic N) is 2. The van der Waals surface area contributed by atoms with Crippen LogP contribution in [0, 0.1) is 0 Å². The van der Waals surface area contributed by atoms with Crippen LogP contribution in [0.15, 0.2) is 18.2 Å². The molecule has 2 N–H and O–H groups in total. The van der Waals surface area contributed by atoms with E-state index in [1.807, 2.05) is 18.2 Å². The van der Waals surface area contributed by atoms with Gasteiger partial charge in [0.05, 0.1) is 0 Å². The Bertz CT molecular complexity index is 480. The summed E-state index contributed by atoms with van der Waals surface area (Å²) < 4.78 is 0. The highest BCUT2D eigenvalue weighted by Gasteiger charge is 2.27. The minimum Gasteiger partial charge on any atom is -0.389 e. The average molecular weight is 298 g/mol. The monoisotopic (exact) mass is 297 g/mol. The Labute approximate surface area is 125 Å². The molecule has 19 heavy (non-hydrogen) atoms. The predicted molar refractivity (Wildman–Crippen MR) is 86.2 cm³/mol. The Kier molecular flexibility index (Phi) is 4.33. The Hall–Kier alpha value is -0.840. The minimum atomic E-state index is 0.400. The SMILES string of the molecule is CC1CN(c2ccc(Cl)cc2C(N)=S)CC(C)N1C. The maximum atomic E-state index is 6.04. The number of halogens is 1. The summed E-state index contributed by atoms with van der Waals surface area (Å²) in [5.41, 5.74) is 7.78. The molecule has 0 spiro atoms. The largest absolute Gasteiger partial charge is 0.389 e. The molecule has 1 saturated heterocycles. The lowest BCUT2D eigenvalue weighted by atomic mass is 10.1. The van der Waals surface area contributed by atoms with E-state index >= 15 is 0 Å². The molecule has 0 aromatic heterocycles. The van der Waals surface area contributed by atoms with Crippen LogP contribution in [-0.4, -0.2) is 42.1 Å². The van der Waals surface area contributed by atoms with Crippen molar-refractivity contribution in [1.82, 2.24) is 4.90 Å². The predicted octanol–water partition coefficient (Wildman–Crippen LogP) is 2.50. The van der Waals surface area contributed by atoms with Crippen molar-refractivity contribution in [2.45, 2.75) is 25.9 Å². The number of hydrogen-bond acceptors (Lipinski definition) is 3. The fourth-order valence-electron chi connectivity index (χ4n) is 2.58. The second kappa shape index (κ2) is 5.65. The Morgan fingerprint density at radius 1 is 1.32 bits per heavy atom. The van der Waals surface area contributed by atoms with Gasteiger partial charge in [-0.05, 0) is 39.1 Å². The van der Waals surface area contributed by atoms with Gasteiger partial charge in [-0.25, -0.2) is 0 Å². The third kappa shape index (κ3) is 3.02. The molecule has 1 fully saturated rings. The number of hydrogen-bond donors (Lipinski definition) is 1. The molecule has 1 aliphatic heterocycles. The van der Waals surface area contributed by atoms with Crippen LogP contribution in [0.3, 0.4) is 0 Å². The van der Waals surface area contributed by atoms with Crippen LogP contribution in [0.2, 0.25) is 5.02 Å². The van der Waals surface area contributed by atoms with E-state index in [2.05, 4.69) is 30.7 Å². The second-order valence-corrected chi connectivity index (χ2v) is 6.17. The Morgan fingerprint density at radius 2 is 1.89 bits per heavy atom. The van der Waals surface area contributed by atoms with E-state index < -0.39 is 0 Å². The molecule has 5 heteroatoms. The number of anilines is 1. The quantitative estimate of drug-likeness (QED) is 0.850. The third-order valence-corrected chi connectivity index (χ3v) is 4.38. The van der Waals surface area contributed by atoms with Crippen molar-refractivity contribution < 1.29 is 0 Å². The smallest absolute Gasteiger partial charge is 0.106 e. The molecule has 1 aliphatic rings. The number of likely N-dealkylation sites (N-methyl/N-ethyl adjacent to an activating group) is 1. The molecule has 2 unspecified atom stereocenters. The van der Waals surface area contributed by atoms with Crippen molar-refractivity contribution in [2.75, 3.05) is 25.0 Å². The summed E-state index contributed by atoms with van der Waals surface area (Å²) in [6, 6.07) is 6.76. The number of piperazine rings is 1. The summed E-state index contributed by atoms with van der Waals surface area (Å²) in [7, 11) is 2.17. The van der Waals surface area contributed by atoms with Crippen molar-refractivity contribution in [1.29, 1.82) is 0 Å². The van der Waals surface area contributed by atoms with Gasteiger partial charge in [0.2, 0.25) is 0 Å². The van der Waals surface area contributed by atoms with Crippen LogP contribution < -0.4 is 10.6 Å². The molecule has 3 nitrogen and oxygen atoms in total. The number of nitrogens with two attached hydrogens (primary N) is 1. The van der Waals surface area contributed by atoms with Crippen LogP contribution >= 0.6 is 23.8 Å². The first-order chi connectivity index (χ1) is 8.90. The number of rotatable bonds is 2. The molecule has 0 aliphatic carbocycles. The zero-order valence-corrected chi connectivity index (χ0v) is 13.1. The van der Waals surface area contributed by atoms with Crippen molar-refractivity contribution >= 4 is 34.5 Å². The van der Waals surface area contributed by atoms with Gasteiger partial charge < -0.3 is 10.6 Å². The highest BCUT2D eigenvalue weighted by atomic mass is 35.5. The molecule has 0 saturated carbocycles. The van der Waals surface area contributed by atoms with Gasteiger partial charge in [-0.15, -0.1) is 0 Å². The molecule has 1 aromatic rings. The zero-order valence-electron chi connectivity index (χ0n) is 11.6. The second-order valence-electron chi connectivity index (χ2n) is 5.29. The molecule has 0 radical (unpaired) electrons. The van der Waals surface area contributed by atoms with E-state index in [-0.39, 0.29) is 0 Å². The van der Waals surface area contributed by atoms with Crippen LogP contribution in [0.25, 0.3) is 0 Å². The van der Waals surface area contributed by atoms with Gasteiger partial charge in [0.25, 0.3) is 0 Å².